The largest absolute Gasteiger partial charge is 0.361 e. The number of nitrogens with two attached hydrogens (primary N) is 1. The molecule has 2 rings (SSSR count). The molecule has 0 bridgehead atoms. The molecule has 0 aliphatic rings. The molecule has 5 nitrogen and oxygen atoms in total. The minimum Gasteiger partial charge on any atom is -0.361 e. The molecule has 0 aromatic carbocycles. The van der Waals surface area contributed by atoms with E-state index in [-0.39, 0.29) is 6.04 Å². The molecule has 2 aromatic rings. The van der Waals surface area contributed by atoms with Gasteiger partial charge in [0, 0.05) is 4.88 Å². The second-order valence-electron chi connectivity index (χ2n) is 3.65. The Bertz CT molecular complexity index is 502. The molecule has 0 aliphatic heterocycles. The van der Waals surface area contributed by atoms with E-state index in [9.17, 15) is 0 Å². The maximum Gasteiger partial charge on any atom is 0.159 e. The van der Waals surface area contributed by atoms with E-state index in [4.69, 9.17) is 5.84 Å². The lowest BCUT2D eigenvalue weighted by atomic mass is 10.2. The van der Waals surface area contributed by atoms with Gasteiger partial charge >= 0.3 is 0 Å². The summed E-state index contributed by atoms with van der Waals surface area (Å²) in [6.07, 6.45) is 2.45. The highest BCUT2D eigenvalue weighted by atomic mass is 79.9. The van der Waals surface area contributed by atoms with E-state index in [0.29, 0.717) is 5.82 Å². The third-order valence-corrected chi connectivity index (χ3v) is 4.27. The Morgan fingerprint density at radius 1 is 1.44 bits per heavy atom. The lowest BCUT2D eigenvalue weighted by Crippen LogP contribution is -2.13. The van der Waals surface area contributed by atoms with Crippen LogP contribution in [0.2, 0.25) is 0 Å². The van der Waals surface area contributed by atoms with Crippen LogP contribution in [-0.2, 0) is 0 Å². The molecule has 0 saturated carbocycles. The quantitative estimate of drug-likeness (QED) is 0.581. The molecule has 0 aliphatic carbocycles. The fourth-order valence-electron chi connectivity index (χ4n) is 1.60. The van der Waals surface area contributed by atoms with Crippen molar-refractivity contribution < 1.29 is 0 Å². The summed E-state index contributed by atoms with van der Waals surface area (Å²) in [5, 5.41) is 5.46. The number of hydrazine groups is 1. The zero-order chi connectivity index (χ0) is 13.0. The van der Waals surface area contributed by atoms with E-state index in [0.717, 1.165) is 16.7 Å². The molecule has 0 fully saturated rings. The number of rotatable bonds is 5. The zero-order valence-electron chi connectivity index (χ0n) is 9.85. The average Bonchev–Trinajstić information content (AvgIpc) is 2.91. The van der Waals surface area contributed by atoms with Crippen molar-refractivity contribution in [3.05, 3.63) is 33.2 Å². The minimum atomic E-state index is 0.238. The van der Waals surface area contributed by atoms with Crippen LogP contribution in [0, 0.1) is 0 Å². The van der Waals surface area contributed by atoms with Gasteiger partial charge in [0.2, 0.25) is 0 Å². The molecule has 0 amide bonds. The summed E-state index contributed by atoms with van der Waals surface area (Å²) in [6, 6.07) is 4.40. The summed E-state index contributed by atoms with van der Waals surface area (Å²) in [5.74, 6) is 6.68. The van der Waals surface area contributed by atoms with E-state index in [1.54, 1.807) is 11.3 Å². The molecule has 2 heterocycles. The number of thiophene rings is 1. The normalized spacial score (nSPS) is 12.2. The molecule has 4 N–H and O–H groups in total. The molecule has 96 valence electrons. The molecular weight excluding hydrogens is 314 g/mol. The maximum atomic E-state index is 5.38. The van der Waals surface area contributed by atoms with E-state index < -0.39 is 0 Å². The van der Waals surface area contributed by atoms with Crippen LogP contribution in [0.25, 0.3) is 0 Å². The van der Waals surface area contributed by atoms with E-state index in [1.165, 1.54) is 11.2 Å². The first-order valence-electron chi connectivity index (χ1n) is 5.53. The lowest BCUT2D eigenvalue weighted by molar-refractivity contribution is 0.757. The van der Waals surface area contributed by atoms with Crippen molar-refractivity contribution in [2.24, 2.45) is 5.84 Å². The summed E-state index contributed by atoms with van der Waals surface area (Å²) < 4.78 is 0.738. The van der Waals surface area contributed by atoms with E-state index >= 15 is 0 Å². The lowest BCUT2D eigenvalue weighted by Gasteiger charge is -2.17. The number of nitrogen functional groups attached to an aromatic ring is 1. The molecular formula is C11H14BrN5S. The maximum absolute atomic E-state index is 5.38. The second kappa shape index (κ2) is 6.12. The van der Waals surface area contributed by atoms with Gasteiger partial charge in [-0.3, -0.25) is 0 Å². The van der Waals surface area contributed by atoms with Crippen LogP contribution in [-0.4, -0.2) is 9.97 Å². The first-order valence-corrected chi connectivity index (χ1v) is 7.20. The highest BCUT2D eigenvalue weighted by Crippen LogP contribution is 2.31. The first kappa shape index (κ1) is 13.3. The summed E-state index contributed by atoms with van der Waals surface area (Å²) in [6.45, 7) is 2.13. The molecule has 0 saturated heterocycles. The van der Waals surface area contributed by atoms with Crippen molar-refractivity contribution in [2.45, 2.75) is 19.4 Å². The number of nitrogens with zero attached hydrogens (tertiary/aromatic N) is 2. The number of halogens is 1. The monoisotopic (exact) mass is 327 g/mol. The molecule has 0 radical (unpaired) electrons. The van der Waals surface area contributed by atoms with Gasteiger partial charge in [-0.15, -0.1) is 11.3 Å². The van der Waals surface area contributed by atoms with Gasteiger partial charge < -0.3 is 10.7 Å². The highest BCUT2D eigenvalue weighted by molar-refractivity contribution is 9.10. The average molecular weight is 328 g/mol. The zero-order valence-corrected chi connectivity index (χ0v) is 12.3. The van der Waals surface area contributed by atoms with Crippen LogP contribution in [0.4, 0.5) is 11.6 Å². The van der Waals surface area contributed by atoms with Crippen molar-refractivity contribution in [1.82, 2.24) is 9.97 Å². The van der Waals surface area contributed by atoms with Crippen molar-refractivity contribution in [2.75, 3.05) is 10.7 Å². The smallest absolute Gasteiger partial charge is 0.159 e. The van der Waals surface area contributed by atoms with Gasteiger partial charge in [-0.25, -0.2) is 15.8 Å². The number of hydrogen-bond donors (Lipinski definition) is 3. The van der Waals surface area contributed by atoms with Gasteiger partial charge in [0.25, 0.3) is 0 Å². The SMILES string of the molecule is CCC(Nc1ncnc(NN)c1Br)c1cccs1. The fraction of sp³-hybridized carbons (Fsp3) is 0.273. The number of aromatic nitrogens is 2. The third kappa shape index (κ3) is 2.80. The van der Waals surface area contributed by atoms with Crippen LogP contribution < -0.4 is 16.6 Å². The first-order chi connectivity index (χ1) is 8.76. The van der Waals surface area contributed by atoms with Gasteiger partial charge in [-0.1, -0.05) is 13.0 Å². The molecule has 1 unspecified atom stereocenters. The van der Waals surface area contributed by atoms with Gasteiger partial charge in [-0.05, 0) is 33.8 Å². The minimum absolute atomic E-state index is 0.238. The predicted molar refractivity (Wildman–Crippen MR) is 78.5 cm³/mol. The van der Waals surface area contributed by atoms with E-state index in [2.05, 4.69) is 55.0 Å². The molecule has 2 aromatic heterocycles. The van der Waals surface area contributed by atoms with Crippen LogP contribution >= 0.6 is 27.3 Å². The number of hydrogen-bond acceptors (Lipinski definition) is 6. The topological polar surface area (TPSA) is 75.9 Å². The Balaban J connectivity index is 2.22. The van der Waals surface area contributed by atoms with Crippen molar-refractivity contribution in [3.8, 4) is 0 Å². The summed E-state index contributed by atoms with van der Waals surface area (Å²) in [4.78, 5) is 9.53. The molecule has 0 spiro atoms. The van der Waals surface area contributed by atoms with E-state index in [1.807, 2.05) is 6.07 Å². The summed E-state index contributed by atoms with van der Waals surface area (Å²) in [5.41, 5.74) is 2.53. The number of nitrogens with one attached hydrogen (secondary N) is 2. The third-order valence-electron chi connectivity index (χ3n) is 2.53. The van der Waals surface area contributed by atoms with Gasteiger partial charge in [0.1, 0.15) is 16.6 Å². The number of anilines is 2. The predicted octanol–water partition coefficient (Wildman–Crippen LogP) is 3.15. The van der Waals surface area contributed by atoms with Crippen molar-refractivity contribution in [3.63, 3.8) is 0 Å². The highest BCUT2D eigenvalue weighted by Gasteiger charge is 2.14. The Morgan fingerprint density at radius 2 is 2.22 bits per heavy atom. The molecule has 1 atom stereocenters. The van der Waals surface area contributed by atoms with Gasteiger partial charge in [-0.2, -0.15) is 0 Å². The molecule has 7 heteroatoms. The van der Waals surface area contributed by atoms with Gasteiger partial charge in [0.15, 0.2) is 5.82 Å². The van der Waals surface area contributed by atoms with Crippen molar-refractivity contribution >= 4 is 38.9 Å². The van der Waals surface area contributed by atoms with Crippen LogP contribution in [0.1, 0.15) is 24.3 Å². The summed E-state index contributed by atoms with van der Waals surface area (Å²) >= 11 is 5.16. The van der Waals surface area contributed by atoms with Crippen LogP contribution in [0.5, 0.6) is 0 Å². The Kier molecular flexibility index (Phi) is 4.51. The Labute approximate surface area is 118 Å². The van der Waals surface area contributed by atoms with Crippen LogP contribution in [0.15, 0.2) is 28.3 Å². The standard InChI is InChI=1S/C11H14BrN5S/c1-2-7(8-4-3-5-18-8)16-10-9(12)11(17-13)15-6-14-10/h3-7H,2,13H2,1H3,(H2,14,15,16,17). The van der Waals surface area contributed by atoms with Crippen LogP contribution in [0.3, 0.4) is 0 Å². The van der Waals surface area contributed by atoms with Gasteiger partial charge in [0.05, 0.1) is 6.04 Å². The Morgan fingerprint density at radius 3 is 2.83 bits per heavy atom. The second-order valence-corrected chi connectivity index (χ2v) is 5.42. The molecule has 18 heavy (non-hydrogen) atoms. The van der Waals surface area contributed by atoms with Crippen molar-refractivity contribution in [1.29, 1.82) is 0 Å². The Hall–Kier alpha value is -1.18. The fourth-order valence-corrected chi connectivity index (χ4v) is 2.89. The summed E-state index contributed by atoms with van der Waals surface area (Å²) in [7, 11) is 0.